The molecule has 0 saturated carbocycles. The summed E-state index contributed by atoms with van der Waals surface area (Å²) < 4.78 is 0. The van der Waals surface area contributed by atoms with E-state index < -0.39 is 0 Å². The van der Waals surface area contributed by atoms with Crippen molar-refractivity contribution in [2.75, 3.05) is 11.9 Å². The molecule has 0 saturated heterocycles. The van der Waals surface area contributed by atoms with Crippen LogP contribution in [-0.2, 0) is 0 Å². The Bertz CT molecular complexity index is 706. The summed E-state index contributed by atoms with van der Waals surface area (Å²) in [6.07, 6.45) is 3.53. The van der Waals surface area contributed by atoms with E-state index >= 15 is 0 Å². The molecule has 2 aromatic carbocycles. The first-order valence-corrected chi connectivity index (χ1v) is 7.08. The number of benzene rings is 2. The zero-order valence-electron chi connectivity index (χ0n) is 12.0. The smallest absolute Gasteiger partial charge is 0.145 e. The molecule has 0 radical (unpaired) electrons. The first-order chi connectivity index (χ1) is 10.4. The van der Waals surface area contributed by atoms with Crippen molar-refractivity contribution in [2.45, 2.75) is 6.92 Å². The van der Waals surface area contributed by atoms with Crippen molar-refractivity contribution >= 4 is 5.82 Å². The van der Waals surface area contributed by atoms with Crippen molar-refractivity contribution in [2.24, 2.45) is 0 Å². The summed E-state index contributed by atoms with van der Waals surface area (Å²) in [6.45, 7) is 2.88. The van der Waals surface area contributed by atoms with Gasteiger partial charge in [0.2, 0.25) is 0 Å². The van der Waals surface area contributed by atoms with Crippen LogP contribution in [-0.4, -0.2) is 16.5 Å². The minimum Gasteiger partial charge on any atom is -0.369 e. The van der Waals surface area contributed by atoms with E-state index in [0.29, 0.717) is 0 Å². The van der Waals surface area contributed by atoms with Crippen molar-refractivity contribution < 1.29 is 0 Å². The summed E-state index contributed by atoms with van der Waals surface area (Å²) in [5, 5.41) is 3.18. The molecule has 0 aliphatic heterocycles. The predicted molar refractivity (Wildman–Crippen MR) is 87.1 cm³/mol. The van der Waals surface area contributed by atoms with Crippen LogP contribution >= 0.6 is 0 Å². The molecule has 3 nitrogen and oxygen atoms in total. The molecule has 0 amide bonds. The molecule has 0 spiro atoms. The lowest BCUT2D eigenvalue weighted by Crippen LogP contribution is -2.00. The van der Waals surface area contributed by atoms with E-state index in [4.69, 9.17) is 0 Å². The largest absolute Gasteiger partial charge is 0.369 e. The van der Waals surface area contributed by atoms with Crippen molar-refractivity contribution in [1.82, 2.24) is 9.97 Å². The highest BCUT2D eigenvalue weighted by atomic mass is 15.0. The molecule has 1 aromatic heterocycles. The van der Waals surface area contributed by atoms with Gasteiger partial charge < -0.3 is 5.32 Å². The molecule has 0 unspecified atom stereocenters. The van der Waals surface area contributed by atoms with Crippen LogP contribution < -0.4 is 5.32 Å². The van der Waals surface area contributed by atoms with E-state index in [1.54, 1.807) is 12.4 Å². The Kier molecular flexibility index (Phi) is 3.92. The first kappa shape index (κ1) is 13.3. The number of anilines is 1. The molecule has 3 aromatic rings. The molecule has 0 bridgehead atoms. The lowest BCUT2D eigenvalue weighted by Gasteiger charge is -2.06. The van der Waals surface area contributed by atoms with Crippen LogP contribution in [0.15, 0.2) is 67.0 Å². The number of aromatic nitrogens is 2. The second-order valence-corrected chi connectivity index (χ2v) is 4.76. The molecular formula is C18H17N3. The fourth-order valence-electron chi connectivity index (χ4n) is 2.24. The summed E-state index contributed by atoms with van der Waals surface area (Å²) in [7, 11) is 0. The minimum atomic E-state index is 0.808. The van der Waals surface area contributed by atoms with E-state index in [1.165, 1.54) is 11.1 Å². The van der Waals surface area contributed by atoms with Gasteiger partial charge in [-0.05, 0) is 18.1 Å². The maximum absolute atomic E-state index is 4.56. The van der Waals surface area contributed by atoms with Crippen LogP contribution in [0.5, 0.6) is 0 Å². The fraction of sp³-hybridized carbons (Fsp3) is 0.111. The van der Waals surface area contributed by atoms with Gasteiger partial charge in [-0.25, -0.2) is 4.98 Å². The zero-order valence-corrected chi connectivity index (χ0v) is 12.0. The van der Waals surface area contributed by atoms with E-state index in [2.05, 4.69) is 63.8 Å². The number of nitrogens with zero attached hydrogens (tertiary/aromatic N) is 2. The second kappa shape index (κ2) is 6.18. The van der Waals surface area contributed by atoms with Gasteiger partial charge in [0.1, 0.15) is 5.82 Å². The Morgan fingerprint density at radius 1 is 0.810 bits per heavy atom. The highest BCUT2D eigenvalue weighted by molar-refractivity contribution is 5.68. The molecule has 21 heavy (non-hydrogen) atoms. The summed E-state index contributed by atoms with van der Waals surface area (Å²) in [4.78, 5) is 8.80. The third-order valence-corrected chi connectivity index (χ3v) is 3.28. The molecule has 104 valence electrons. The number of hydrogen-bond acceptors (Lipinski definition) is 3. The van der Waals surface area contributed by atoms with Gasteiger partial charge in [-0.1, -0.05) is 54.6 Å². The van der Waals surface area contributed by atoms with Crippen molar-refractivity contribution in [3.8, 4) is 22.4 Å². The van der Waals surface area contributed by atoms with E-state index in [-0.39, 0.29) is 0 Å². The van der Waals surface area contributed by atoms with Crippen LogP contribution in [0.4, 0.5) is 5.82 Å². The molecule has 0 atom stereocenters. The van der Waals surface area contributed by atoms with Crippen molar-refractivity contribution in [3.05, 3.63) is 67.0 Å². The quantitative estimate of drug-likeness (QED) is 0.773. The van der Waals surface area contributed by atoms with Gasteiger partial charge in [-0.15, -0.1) is 0 Å². The van der Waals surface area contributed by atoms with Crippen LogP contribution in [0.2, 0.25) is 0 Å². The molecule has 3 heteroatoms. The molecule has 0 aliphatic rings. The summed E-state index contributed by atoms with van der Waals surface area (Å²) in [5.74, 6) is 0.808. The van der Waals surface area contributed by atoms with Gasteiger partial charge in [0, 0.05) is 12.1 Å². The van der Waals surface area contributed by atoms with Gasteiger partial charge >= 0.3 is 0 Å². The van der Waals surface area contributed by atoms with Crippen LogP contribution in [0.3, 0.4) is 0 Å². The molecule has 1 N–H and O–H groups in total. The summed E-state index contributed by atoms with van der Waals surface area (Å²) >= 11 is 0. The normalized spacial score (nSPS) is 10.3. The topological polar surface area (TPSA) is 37.8 Å². The Balaban J connectivity index is 1.89. The highest BCUT2D eigenvalue weighted by Gasteiger charge is 2.03. The van der Waals surface area contributed by atoms with E-state index in [0.717, 1.165) is 23.6 Å². The maximum Gasteiger partial charge on any atom is 0.145 e. The van der Waals surface area contributed by atoms with Crippen LogP contribution in [0.1, 0.15) is 6.92 Å². The number of hydrogen-bond donors (Lipinski definition) is 1. The standard InChI is InChI=1S/C18H17N3/c1-2-20-18-13-19-12-17(21-18)16-10-8-15(9-11-16)14-6-4-3-5-7-14/h3-13H,2H2,1H3,(H,20,21). The SMILES string of the molecule is CCNc1cncc(-c2ccc(-c3ccccc3)cc2)n1. The molecule has 3 rings (SSSR count). The van der Waals surface area contributed by atoms with Gasteiger partial charge in [0.15, 0.2) is 0 Å². The zero-order chi connectivity index (χ0) is 14.5. The maximum atomic E-state index is 4.56. The van der Waals surface area contributed by atoms with Crippen LogP contribution in [0, 0.1) is 0 Å². The van der Waals surface area contributed by atoms with Crippen molar-refractivity contribution in [3.63, 3.8) is 0 Å². The third-order valence-electron chi connectivity index (χ3n) is 3.28. The third kappa shape index (κ3) is 3.08. The lowest BCUT2D eigenvalue weighted by atomic mass is 10.0. The number of nitrogens with one attached hydrogen (secondary N) is 1. The fourth-order valence-corrected chi connectivity index (χ4v) is 2.24. The van der Waals surface area contributed by atoms with Gasteiger partial charge in [-0.3, -0.25) is 4.98 Å². The van der Waals surface area contributed by atoms with Crippen LogP contribution in [0.25, 0.3) is 22.4 Å². The monoisotopic (exact) mass is 275 g/mol. The molecule has 0 fully saturated rings. The van der Waals surface area contributed by atoms with E-state index in [9.17, 15) is 0 Å². The molecular weight excluding hydrogens is 258 g/mol. The lowest BCUT2D eigenvalue weighted by molar-refractivity contribution is 1.12. The van der Waals surface area contributed by atoms with Gasteiger partial charge in [-0.2, -0.15) is 0 Å². The molecule has 0 aliphatic carbocycles. The summed E-state index contributed by atoms with van der Waals surface area (Å²) in [5.41, 5.74) is 4.38. The predicted octanol–water partition coefficient (Wildman–Crippen LogP) is 4.24. The second-order valence-electron chi connectivity index (χ2n) is 4.76. The average Bonchev–Trinajstić information content (AvgIpc) is 2.56. The minimum absolute atomic E-state index is 0.808. The van der Waals surface area contributed by atoms with Gasteiger partial charge in [0.05, 0.1) is 18.1 Å². The van der Waals surface area contributed by atoms with Crippen molar-refractivity contribution in [1.29, 1.82) is 0 Å². The number of rotatable bonds is 4. The first-order valence-electron chi connectivity index (χ1n) is 7.08. The molecule has 1 heterocycles. The Morgan fingerprint density at radius 2 is 1.48 bits per heavy atom. The Hall–Kier alpha value is -2.68. The summed E-state index contributed by atoms with van der Waals surface area (Å²) in [6, 6.07) is 18.8. The van der Waals surface area contributed by atoms with E-state index in [1.807, 2.05) is 13.0 Å². The van der Waals surface area contributed by atoms with Gasteiger partial charge in [0.25, 0.3) is 0 Å². The Labute approximate surface area is 124 Å². The Morgan fingerprint density at radius 3 is 2.19 bits per heavy atom. The average molecular weight is 275 g/mol. The highest BCUT2D eigenvalue weighted by Crippen LogP contribution is 2.23.